The topological polar surface area (TPSA) is 37.4 Å². The monoisotopic (exact) mass is 271 g/mol. The first kappa shape index (κ1) is 12.1. The van der Waals surface area contributed by atoms with Crippen LogP contribution in [0.1, 0.15) is 27.7 Å². The molecule has 3 rings (SSSR count). The second kappa shape index (κ2) is 4.63. The van der Waals surface area contributed by atoms with Crippen molar-refractivity contribution in [2.75, 3.05) is 4.90 Å². The lowest BCUT2D eigenvalue weighted by molar-refractivity contribution is -0.114. The Bertz CT molecular complexity index is 646. The maximum atomic E-state index is 12.1. The van der Waals surface area contributed by atoms with E-state index in [4.69, 9.17) is 0 Å². The number of benzene rings is 1. The molecule has 4 heteroatoms. The van der Waals surface area contributed by atoms with E-state index in [2.05, 4.69) is 0 Å². The van der Waals surface area contributed by atoms with Gasteiger partial charge in [-0.25, -0.2) is 0 Å². The zero-order valence-corrected chi connectivity index (χ0v) is 11.4. The van der Waals surface area contributed by atoms with Crippen molar-refractivity contribution in [3.8, 4) is 0 Å². The Morgan fingerprint density at radius 3 is 2.74 bits per heavy atom. The average Bonchev–Trinajstić information content (AvgIpc) is 3.02. The van der Waals surface area contributed by atoms with Crippen LogP contribution in [-0.4, -0.2) is 11.7 Å². The van der Waals surface area contributed by atoms with E-state index in [1.807, 2.05) is 42.6 Å². The summed E-state index contributed by atoms with van der Waals surface area (Å²) in [5.41, 5.74) is 2.36. The van der Waals surface area contributed by atoms with E-state index in [1.54, 1.807) is 16.2 Å². The van der Waals surface area contributed by atoms with Crippen molar-refractivity contribution in [2.45, 2.75) is 19.9 Å². The highest BCUT2D eigenvalue weighted by Crippen LogP contribution is 2.31. The summed E-state index contributed by atoms with van der Waals surface area (Å²) in [6.45, 7) is 2.51. The van der Waals surface area contributed by atoms with Gasteiger partial charge in [-0.1, -0.05) is 19.1 Å². The summed E-state index contributed by atoms with van der Waals surface area (Å²) in [7, 11) is 0. The molecule has 0 saturated heterocycles. The lowest BCUT2D eigenvalue weighted by Crippen LogP contribution is -2.28. The Balaban J connectivity index is 2.00. The van der Waals surface area contributed by atoms with Crippen molar-refractivity contribution in [1.82, 2.24) is 0 Å². The Kier molecular flexibility index (Phi) is 2.95. The standard InChI is InChI=1S/C15H13NO2S/c1-2-10-5-6-13-12(8-10)14(17)15(18)16(13)9-11-4-3-7-19-11/h3-8H,2,9H2,1H3. The molecule has 0 aliphatic carbocycles. The van der Waals surface area contributed by atoms with Gasteiger partial charge in [-0.2, -0.15) is 0 Å². The minimum atomic E-state index is -0.420. The molecule has 0 radical (unpaired) electrons. The predicted molar refractivity (Wildman–Crippen MR) is 75.7 cm³/mol. The molecule has 2 aromatic rings. The van der Waals surface area contributed by atoms with Crippen molar-refractivity contribution in [2.24, 2.45) is 0 Å². The van der Waals surface area contributed by atoms with Crippen LogP contribution in [0.15, 0.2) is 35.7 Å². The fourth-order valence-corrected chi connectivity index (χ4v) is 2.98. The minimum absolute atomic E-state index is 0.387. The van der Waals surface area contributed by atoms with E-state index in [-0.39, 0.29) is 5.78 Å². The number of hydrogen-bond donors (Lipinski definition) is 0. The van der Waals surface area contributed by atoms with Gasteiger partial charge >= 0.3 is 0 Å². The van der Waals surface area contributed by atoms with Crippen LogP contribution in [0, 0.1) is 0 Å². The number of ketones is 1. The van der Waals surface area contributed by atoms with Crippen molar-refractivity contribution in [3.63, 3.8) is 0 Å². The molecule has 1 aliphatic rings. The first-order valence-electron chi connectivity index (χ1n) is 6.22. The second-order valence-electron chi connectivity index (χ2n) is 4.50. The Morgan fingerprint density at radius 1 is 1.21 bits per heavy atom. The number of rotatable bonds is 3. The predicted octanol–water partition coefficient (Wildman–Crippen LogP) is 3.04. The van der Waals surface area contributed by atoms with Crippen molar-refractivity contribution in [3.05, 3.63) is 51.7 Å². The Morgan fingerprint density at radius 2 is 2.05 bits per heavy atom. The van der Waals surface area contributed by atoms with Crippen molar-refractivity contribution in [1.29, 1.82) is 0 Å². The van der Waals surface area contributed by atoms with E-state index >= 15 is 0 Å². The van der Waals surface area contributed by atoms with Gasteiger partial charge in [0.05, 0.1) is 17.8 Å². The van der Waals surface area contributed by atoms with Gasteiger partial charge < -0.3 is 0 Å². The molecule has 0 N–H and O–H groups in total. The zero-order chi connectivity index (χ0) is 13.4. The van der Waals surface area contributed by atoms with Gasteiger partial charge in [-0.05, 0) is 35.6 Å². The molecule has 0 bridgehead atoms. The first-order valence-corrected chi connectivity index (χ1v) is 7.10. The summed E-state index contributed by atoms with van der Waals surface area (Å²) in [5.74, 6) is -0.807. The fraction of sp³-hybridized carbons (Fsp3) is 0.200. The number of hydrogen-bond acceptors (Lipinski definition) is 3. The van der Waals surface area contributed by atoms with Gasteiger partial charge in [-0.3, -0.25) is 14.5 Å². The van der Waals surface area contributed by atoms with Gasteiger partial charge in [0.15, 0.2) is 0 Å². The lowest BCUT2D eigenvalue weighted by atomic mass is 10.1. The summed E-state index contributed by atoms with van der Waals surface area (Å²) in [4.78, 5) is 26.7. The molecular weight excluding hydrogens is 258 g/mol. The third-order valence-electron chi connectivity index (χ3n) is 3.34. The summed E-state index contributed by atoms with van der Waals surface area (Å²) >= 11 is 1.59. The van der Waals surface area contributed by atoms with Crippen LogP contribution in [0.2, 0.25) is 0 Å². The van der Waals surface area contributed by atoms with Crippen LogP contribution in [0.3, 0.4) is 0 Å². The van der Waals surface area contributed by atoms with Crippen LogP contribution in [0.5, 0.6) is 0 Å². The summed E-state index contributed by atoms with van der Waals surface area (Å²) in [6, 6.07) is 9.62. The lowest BCUT2D eigenvalue weighted by Gasteiger charge is -2.15. The van der Waals surface area contributed by atoms with E-state index in [0.717, 1.165) is 22.5 Å². The fourth-order valence-electron chi connectivity index (χ4n) is 2.28. The Labute approximate surface area is 115 Å². The van der Waals surface area contributed by atoms with Gasteiger partial charge in [0, 0.05) is 4.88 Å². The molecule has 19 heavy (non-hydrogen) atoms. The molecule has 0 spiro atoms. The number of fused-ring (bicyclic) bond motifs is 1. The minimum Gasteiger partial charge on any atom is -0.300 e. The highest BCUT2D eigenvalue weighted by Gasteiger charge is 2.35. The maximum Gasteiger partial charge on any atom is 0.299 e. The van der Waals surface area contributed by atoms with E-state index in [9.17, 15) is 9.59 Å². The number of carbonyl (C=O) groups is 2. The van der Waals surface area contributed by atoms with Crippen molar-refractivity contribution < 1.29 is 9.59 Å². The molecule has 2 heterocycles. The van der Waals surface area contributed by atoms with Crippen LogP contribution in [-0.2, 0) is 17.8 Å². The molecule has 0 unspecified atom stereocenters. The molecule has 3 nitrogen and oxygen atoms in total. The summed E-state index contributed by atoms with van der Waals surface area (Å²) in [5, 5.41) is 1.97. The summed E-state index contributed by atoms with van der Waals surface area (Å²) < 4.78 is 0. The third kappa shape index (κ3) is 1.98. The maximum absolute atomic E-state index is 12.1. The summed E-state index contributed by atoms with van der Waals surface area (Å²) in [6.07, 6.45) is 0.861. The number of aryl methyl sites for hydroxylation is 1. The SMILES string of the molecule is CCc1ccc2c(c1)C(=O)C(=O)N2Cc1cccs1. The number of nitrogens with zero attached hydrogens (tertiary/aromatic N) is 1. The van der Waals surface area contributed by atoms with E-state index < -0.39 is 5.91 Å². The molecule has 1 aromatic carbocycles. The number of amides is 1. The van der Waals surface area contributed by atoms with E-state index in [0.29, 0.717) is 12.1 Å². The molecule has 0 atom stereocenters. The van der Waals surface area contributed by atoms with Crippen LogP contribution < -0.4 is 4.90 Å². The zero-order valence-electron chi connectivity index (χ0n) is 10.6. The van der Waals surface area contributed by atoms with Gasteiger partial charge in [-0.15, -0.1) is 11.3 Å². The average molecular weight is 271 g/mol. The second-order valence-corrected chi connectivity index (χ2v) is 5.54. The number of anilines is 1. The first-order chi connectivity index (χ1) is 9.20. The van der Waals surface area contributed by atoms with Crippen molar-refractivity contribution >= 4 is 28.7 Å². The van der Waals surface area contributed by atoms with E-state index in [1.165, 1.54) is 0 Å². The van der Waals surface area contributed by atoms with Gasteiger partial charge in [0.1, 0.15) is 0 Å². The molecular formula is C15H13NO2S. The molecule has 0 saturated carbocycles. The molecule has 1 aromatic heterocycles. The smallest absolute Gasteiger partial charge is 0.299 e. The van der Waals surface area contributed by atoms with Gasteiger partial charge in [0.25, 0.3) is 11.7 Å². The van der Waals surface area contributed by atoms with Crippen LogP contribution >= 0.6 is 11.3 Å². The third-order valence-corrected chi connectivity index (χ3v) is 4.20. The highest BCUT2D eigenvalue weighted by molar-refractivity contribution is 7.09. The van der Waals surface area contributed by atoms with Crippen LogP contribution in [0.25, 0.3) is 0 Å². The number of carbonyl (C=O) groups excluding carboxylic acids is 2. The molecule has 1 aliphatic heterocycles. The quantitative estimate of drug-likeness (QED) is 0.805. The number of thiophene rings is 1. The normalized spacial score (nSPS) is 14.1. The molecule has 1 amide bonds. The van der Waals surface area contributed by atoms with Gasteiger partial charge in [0.2, 0.25) is 0 Å². The van der Waals surface area contributed by atoms with Crippen LogP contribution in [0.4, 0.5) is 5.69 Å². The molecule has 96 valence electrons. The number of Topliss-reactive ketones (excluding diaryl/α,β-unsaturated/α-hetero) is 1. The molecule has 0 fully saturated rings. The largest absolute Gasteiger partial charge is 0.300 e. The highest BCUT2D eigenvalue weighted by atomic mass is 32.1. The Hall–Kier alpha value is -1.94.